The summed E-state index contributed by atoms with van der Waals surface area (Å²) in [6.45, 7) is 11.2. The van der Waals surface area contributed by atoms with E-state index in [0.29, 0.717) is 77.9 Å². The van der Waals surface area contributed by atoms with Crippen molar-refractivity contribution in [1.82, 2.24) is 24.5 Å². The molecule has 15 nitrogen and oxygen atoms in total. The number of hydrogen-bond donors (Lipinski definition) is 4. The number of unbranched alkanes of at least 4 members (excludes halogenated alkanes) is 1. The lowest BCUT2D eigenvalue weighted by Gasteiger charge is -2.58. The number of piperidine rings is 1. The van der Waals surface area contributed by atoms with E-state index in [-0.39, 0.29) is 46.7 Å². The maximum absolute atomic E-state index is 14.3. The molecule has 19 heteroatoms. The van der Waals surface area contributed by atoms with Gasteiger partial charge in [0.2, 0.25) is 0 Å². The molecule has 78 heavy (non-hydrogen) atoms. The molecule has 3 aliphatic rings. The minimum Gasteiger partial charge on any atom is -0.493 e. The van der Waals surface area contributed by atoms with Crippen molar-refractivity contribution in [2.45, 2.75) is 108 Å². The van der Waals surface area contributed by atoms with Crippen LogP contribution in [0.4, 0.5) is 30.2 Å². The molecule has 1 amide bonds. The molecule has 4 aromatic carbocycles. The number of piperazine rings is 1. The highest BCUT2D eigenvalue weighted by atomic mass is 32.2. The monoisotopic (exact) mass is 1090 g/mol. The van der Waals surface area contributed by atoms with Crippen LogP contribution in [0.5, 0.6) is 23.0 Å². The topological polar surface area (TPSA) is 171 Å². The molecule has 3 fully saturated rings. The van der Waals surface area contributed by atoms with E-state index < -0.39 is 22.6 Å². The fraction of sp³-hybridized carbons (Fsp3) is 0.458. The first-order chi connectivity index (χ1) is 37.6. The standard InChI is InChI=1S/C59H71F3N8O7S/c1-6-7-10-39(18-26-71)34-64-50-16-14-45(31-51(50)70(73)74)78-66-57(72)48-15-13-42(30-53(48)77-44-29-41-17-21-63-56(41)65-35-44)68-22-19-58(20-23-68)32-43(33-58)69-25-24-67(37-52(69)47-12-9-8-11-46(47)38(2)3)36-40-27-49(59(60,61)62)55(76-5)54(28-40)75-4/h8-9,11-17,21,27-31,35,38-39,43,52,64,71H,6-7,10,18-20,22-26,32-34,36-37H2,1-5H3,(H,63,65)(H,66,72)/t39-,52?/m1/s1. The fourth-order valence-corrected chi connectivity index (χ4v) is 12.5. The average molecular weight is 1090 g/mol. The van der Waals surface area contributed by atoms with Gasteiger partial charge in [0.05, 0.1) is 30.9 Å². The number of halogens is 3. The molecule has 9 rings (SSSR count). The first kappa shape index (κ1) is 56.2. The van der Waals surface area contributed by atoms with E-state index in [2.05, 4.69) is 79.7 Å². The summed E-state index contributed by atoms with van der Waals surface area (Å²) in [7, 11) is 2.59. The Bertz CT molecular complexity index is 3050. The molecule has 2 aliphatic heterocycles. The second kappa shape index (κ2) is 24.6. The molecule has 416 valence electrons. The number of rotatable bonds is 22. The van der Waals surface area contributed by atoms with Gasteiger partial charge < -0.3 is 34.5 Å². The first-order valence-corrected chi connectivity index (χ1v) is 27.9. The van der Waals surface area contributed by atoms with Crippen LogP contribution in [0.3, 0.4) is 0 Å². The van der Waals surface area contributed by atoms with Gasteiger partial charge in [0, 0.05) is 98.8 Å². The zero-order valence-corrected chi connectivity index (χ0v) is 45.9. The number of alkyl halides is 3. The number of carbonyl (C=O) groups is 1. The van der Waals surface area contributed by atoms with Crippen LogP contribution >= 0.6 is 11.9 Å². The zero-order valence-electron chi connectivity index (χ0n) is 45.0. The van der Waals surface area contributed by atoms with Gasteiger partial charge in [0.15, 0.2) is 11.5 Å². The number of amides is 1. The van der Waals surface area contributed by atoms with E-state index in [9.17, 15) is 33.2 Å². The predicted octanol–water partition coefficient (Wildman–Crippen LogP) is 12.8. The molecule has 0 radical (unpaired) electrons. The van der Waals surface area contributed by atoms with Crippen molar-refractivity contribution in [2.24, 2.45) is 11.3 Å². The van der Waals surface area contributed by atoms with Gasteiger partial charge in [-0.1, -0.05) is 57.9 Å². The average Bonchev–Trinajstić information content (AvgIpc) is 3.99. The molecule has 0 bridgehead atoms. The summed E-state index contributed by atoms with van der Waals surface area (Å²) < 4.78 is 62.8. The molecule has 1 unspecified atom stereocenters. The fourth-order valence-electron chi connectivity index (χ4n) is 11.9. The number of carbonyl (C=O) groups excluding carboxylic acids is 1. The Hall–Kier alpha value is -6.54. The van der Waals surface area contributed by atoms with Crippen molar-refractivity contribution in [3.05, 3.63) is 135 Å². The van der Waals surface area contributed by atoms with Crippen LogP contribution in [0.1, 0.15) is 117 Å². The van der Waals surface area contributed by atoms with Crippen LogP contribution in [-0.4, -0.2) is 102 Å². The van der Waals surface area contributed by atoms with Gasteiger partial charge in [-0.3, -0.25) is 29.4 Å². The highest BCUT2D eigenvalue weighted by molar-refractivity contribution is 7.98. The number of nitrogens with one attached hydrogen (secondary N) is 3. The van der Waals surface area contributed by atoms with Crippen molar-refractivity contribution >= 4 is 46.0 Å². The molecule has 6 aromatic rings. The van der Waals surface area contributed by atoms with E-state index >= 15 is 0 Å². The van der Waals surface area contributed by atoms with Gasteiger partial charge in [-0.2, -0.15) is 13.2 Å². The summed E-state index contributed by atoms with van der Waals surface area (Å²) in [5.74, 6) is 0.586. The first-order valence-electron chi connectivity index (χ1n) is 27.1. The van der Waals surface area contributed by atoms with Crippen LogP contribution in [-0.2, 0) is 12.7 Å². The van der Waals surface area contributed by atoms with E-state index in [1.807, 2.05) is 24.3 Å². The Labute approximate surface area is 458 Å². The van der Waals surface area contributed by atoms with Gasteiger partial charge in [-0.25, -0.2) is 4.98 Å². The van der Waals surface area contributed by atoms with Crippen LogP contribution in [0, 0.1) is 21.4 Å². The van der Waals surface area contributed by atoms with Crippen LogP contribution in [0.25, 0.3) is 11.0 Å². The van der Waals surface area contributed by atoms with Crippen molar-refractivity contribution in [3.63, 3.8) is 0 Å². The highest BCUT2D eigenvalue weighted by Crippen LogP contribution is 2.54. The minimum absolute atomic E-state index is 0.0531. The number of nitro groups is 1. The number of fused-ring (bicyclic) bond motifs is 1. The van der Waals surface area contributed by atoms with Gasteiger partial charge in [-0.05, 0) is 133 Å². The van der Waals surface area contributed by atoms with Gasteiger partial charge >= 0.3 is 6.18 Å². The van der Waals surface area contributed by atoms with Crippen molar-refractivity contribution in [3.8, 4) is 23.0 Å². The number of aliphatic hydroxyl groups is 1. The van der Waals surface area contributed by atoms with Gasteiger partial charge in [0.1, 0.15) is 28.4 Å². The van der Waals surface area contributed by atoms with E-state index in [1.165, 1.54) is 37.5 Å². The SMILES string of the molecule is CCCC[C@H](CCO)CNc1ccc(SNC(=O)c2ccc(N3CCC4(CC3)CC(N3CCN(Cc5cc(OC)c(OC)c(C(F)(F)F)c5)CC3c3ccccc3C(C)C)C4)cc2Oc2cnc3[nH]ccc3c2)cc1[N+](=O)[O-]. The lowest BCUT2D eigenvalue weighted by atomic mass is 9.59. The third-order valence-corrected chi connectivity index (χ3v) is 16.8. The number of hydrogen-bond acceptors (Lipinski definition) is 13. The van der Waals surface area contributed by atoms with E-state index in [1.54, 1.807) is 36.7 Å². The molecule has 2 aromatic heterocycles. The Kier molecular flexibility index (Phi) is 17.7. The number of aromatic nitrogens is 2. The summed E-state index contributed by atoms with van der Waals surface area (Å²) in [6, 6.07) is 26.1. The number of nitro benzene ring substituents is 1. The summed E-state index contributed by atoms with van der Waals surface area (Å²) in [5.41, 5.74) is 4.57. The Morgan fingerprint density at radius 1 is 0.974 bits per heavy atom. The molecular formula is C59H71F3N8O7S. The maximum Gasteiger partial charge on any atom is 0.420 e. The van der Waals surface area contributed by atoms with Gasteiger partial charge in [-0.15, -0.1) is 0 Å². The van der Waals surface area contributed by atoms with E-state index in [4.69, 9.17) is 14.2 Å². The molecule has 4 heterocycles. The second-order valence-electron chi connectivity index (χ2n) is 21.4. The number of nitrogens with zero attached hydrogens (tertiary/aromatic N) is 5. The summed E-state index contributed by atoms with van der Waals surface area (Å²) in [5, 5.41) is 25.9. The number of H-pyrrole nitrogens is 1. The lowest BCUT2D eigenvalue weighted by Crippen LogP contribution is -2.60. The van der Waals surface area contributed by atoms with E-state index in [0.717, 1.165) is 87.6 Å². The third-order valence-electron chi connectivity index (χ3n) is 16.1. The molecule has 2 saturated heterocycles. The smallest absolute Gasteiger partial charge is 0.420 e. The molecule has 2 atom stereocenters. The molecule has 4 N–H and O–H groups in total. The largest absolute Gasteiger partial charge is 0.493 e. The zero-order chi connectivity index (χ0) is 55.1. The molecule has 1 aliphatic carbocycles. The summed E-state index contributed by atoms with van der Waals surface area (Å²) >= 11 is 0.985. The van der Waals surface area contributed by atoms with Crippen LogP contribution < -0.4 is 29.1 Å². The van der Waals surface area contributed by atoms with Gasteiger partial charge in [0.25, 0.3) is 11.6 Å². The highest BCUT2D eigenvalue weighted by Gasteiger charge is 2.50. The Balaban J connectivity index is 0.881. The number of aliphatic hydroxyl groups excluding tert-OH is 1. The minimum atomic E-state index is -4.61. The summed E-state index contributed by atoms with van der Waals surface area (Å²) in [6.07, 6.45) is 6.44. The van der Waals surface area contributed by atoms with Crippen molar-refractivity contribution in [1.29, 1.82) is 0 Å². The number of benzene rings is 4. The molecular weight excluding hydrogens is 1020 g/mol. The summed E-state index contributed by atoms with van der Waals surface area (Å²) in [4.78, 5) is 41.2. The van der Waals surface area contributed by atoms with Crippen molar-refractivity contribution in [2.75, 3.05) is 70.3 Å². The predicted molar refractivity (Wildman–Crippen MR) is 299 cm³/mol. The quantitative estimate of drug-likeness (QED) is 0.0288. The normalized spacial score (nSPS) is 17.5. The number of anilines is 2. The third kappa shape index (κ3) is 12.8. The maximum atomic E-state index is 14.3. The lowest BCUT2D eigenvalue weighted by molar-refractivity contribution is -0.384. The van der Waals surface area contributed by atoms with Crippen molar-refractivity contribution < 1.29 is 42.2 Å². The second-order valence-corrected chi connectivity index (χ2v) is 22.3. The number of ether oxygens (including phenoxy) is 3. The Morgan fingerprint density at radius 3 is 2.49 bits per heavy atom. The Morgan fingerprint density at radius 2 is 1.77 bits per heavy atom. The molecule has 1 saturated carbocycles. The number of methoxy groups -OCH3 is 2. The van der Waals surface area contributed by atoms with Crippen LogP contribution in [0.2, 0.25) is 0 Å². The number of aromatic amines is 1. The molecule has 1 spiro atoms. The number of pyridine rings is 1. The van der Waals surface area contributed by atoms with Crippen LogP contribution in [0.15, 0.2) is 102 Å².